The van der Waals surface area contributed by atoms with Crippen molar-refractivity contribution in [2.45, 2.75) is 18.7 Å². The van der Waals surface area contributed by atoms with E-state index in [4.69, 9.17) is 0 Å². The average Bonchev–Trinajstić information content (AvgIpc) is 3.07. The molecule has 0 bridgehead atoms. The summed E-state index contributed by atoms with van der Waals surface area (Å²) in [4.78, 5) is 11.9. The summed E-state index contributed by atoms with van der Waals surface area (Å²) in [5.74, 6) is 1.22. The zero-order valence-electron chi connectivity index (χ0n) is 12.8. The van der Waals surface area contributed by atoms with Gasteiger partial charge in [-0.1, -0.05) is 30.4 Å². The number of benzene rings is 1. The number of thioether (sulfide) groups is 1. The van der Waals surface area contributed by atoms with E-state index >= 15 is 0 Å². The van der Waals surface area contributed by atoms with Crippen LogP contribution in [-0.2, 0) is 0 Å². The maximum absolute atomic E-state index is 10.8. The Morgan fingerprint density at radius 3 is 2.91 bits per heavy atom. The highest BCUT2D eigenvalue weighted by Crippen LogP contribution is 2.41. The molecule has 1 aromatic carbocycles. The van der Waals surface area contributed by atoms with E-state index in [1.807, 2.05) is 30.3 Å². The zero-order chi connectivity index (χ0) is 16.0. The number of hydrogen-bond donors (Lipinski definition) is 1. The minimum absolute atomic E-state index is 0.216. The topological polar surface area (TPSA) is 50.4 Å². The molecule has 0 atom stereocenters. The van der Waals surface area contributed by atoms with Crippen molar-refractivity contribution in [2.75, 3.05) is 5.75 Å². The van der Waals surface area contributed by atoms with E-state index in [1.54, 1.807) is 22.4 Å². The molecule has 1 N–H and O–H groups in total. The van der Waals surface area contributed by atoms with E-state index < -0.39 is 0 Å². The zero-order valence-corrected chi connectivity index (χ0v) is 14.4. The first kappa shape index (κ1) is 14.5. The SMILES string of the molecule is CCSc1ccnc(-c2sc3nc4ccccc4n3c2O)c1C. The molecule has 4 rings (SSSR count). The normalized spacial score (nSPS) is 11.6. The summed E-state index contributed by atoms with van der Waals surface area (Å²) in [7, 11) is 0. The molecule has 0 amide bonds. The van der Waals surface area contributed by atoms with E-state index in [9.17, 15) is 5.11 Å². The minimum atomic E-state index is 0.216. The van der Waals surface area contributed by atoms with E-state index in [0.29, 0.717) is 0 Å². The molecule has 3 heterocycles. The van der Waals surface area contributed by atoms with E-state index in [-0.39, 0.29) is 5.88 Å². The predicted octanol–water partition coefficient (Wildman–Crippen LogP) is 4.74. The average molecular weight is 341 g/mol. The van der Waals surface area contributed by atoms with Crippen LogP contribution in [0.3, 0.4) is 0 Å². The molecule has 0 aliphatic heterocycles. The van der Waals surface area contributed by atoms with Crippen LogP contribution in [0.5, 0.6) is 5.88 Å². The van der Waals surface area contributed by atoms with Crippen LogP contribution in [-0.4, -0.2) is 25.2 Å². The quantitative estimate of drug-likeness (QED) is 0.547. The third-order valence-corrected chi connectivity index (χ3v) is 5.89. The Balaban J connectivity index is 1.96. The van der Waals surface area contributed by atoms with Crippen LogP contribution in [0.25, 0.3) is 26.6 Å². The van der Waals surface area contributed by atoms with Gasteiger partial charge in [-0.15, -0.1) is 11.8 Å². The third kappa shape index (κ3) is 2.21. The summed E-state index contributed by atoms with van der Waals surface area (Å²) in [6.45, 7) is 4.19. The Kier molecular flexibility index (Phi) is 3.50. The molecule has 0 radical (unpaired) electrons. The van der Waals surface area contributed by atoms with Crippen molar-refractivity contribution in [3.63, 3.8) is 0 Å². The molecule has 4 nitrogen and oxygen atoms in total. The van der Waals surface area contributed by atoms with Crippen LogP contribution in [0.1, 0.15) is 12.5 Å². The molecule has 6 heteroatoms. The Labute approximate surface area is 141 Å². The summed E-state index contributed by atoms with van der Waals surface area (Å²) in [6.07, 6.45) is 1.81. The monoisotopic (exact) mass is 341 g/mol. The van der Waals surface area contributed by atoms with Gasteiger partial charge in [0.05, 0.1) is 16.7 Å². The number of rotatable bonds is 3. The second-order valence-electron chi connectivity index (χ2n) is 5.19. The first-order valence-electron chi connectivity index (χ1n) is 7.38. The number of para-hydroxylation sites is 2. The van der Waals surface area contributed by atoms with Gasteiger partial charge in [0.15, 0.2) is 4.96 Å². The first-order chi connectivity index (χ1) is 11.2. The van der Waals surface area contributed by atoms with Crippen LogP contribution in [0.15, 0.2) is 41.4 Å². The van der Waals surface area contributed by atoms with Gasteiger partial charge < -0.3 is 5.11 Å². The van der Waals surface area contributed by atoms with Gasteiger partial charge in [0.2, 0.25) is 5.88 Å². The number of fused-ring (bicyclic) bond motifs is 3. The van der Waals surface area contributed by atoms with Crippen molar-refractivity contribution in [2.24, 2.45) is 0 Å². The molecule has 23 heavy (non-hydrogen) atoms. The number of aromatic hydroxyl groups is 1. The Morgan fingerprint density at radius 1 is 1.26 bits per heavy atom. The second kappa shape index (κ2) is 5.54. The van der Waals surface area contributed by atoms with Gasteiger partial charge in [-0.2, -0.15) is 0 Å². The van der Waals surface area contributed by atoms with Crippen molar-refractivity contribution in [3.8, 4) is 16.5 Å². The third-order valence-electron chi connectivity index (χ3n) is 3.81. The van der Waals surface area contributed by atoms with Gasteiger partial charge in [0, 0.05) is 11.1 Å². The minimum Gasteiger partial charge on any atom is -0.493 e. The summed E-state index contributed by atoms with van der Waals surface area (Å²) < 4.78 is 1.80. The lowest BCUT2D eigenvalue weighted by atomic mass is 10.2. The maximum atomic E-state index is 10.8. The fraction of sp³-hybridized carbons (Fsp3) is 0.176. The van der Waals surface area contributed by atoms with Crippen molar-refractivity contribution in [1.29, 1.82) is 0 Å². The largest absolute Gasteiger partial charge is 0.493 e. The molecule has 4 aromatic rings. The lowest BCUT2D eigenvalue weighted by molar-refractivity contribution is 0.453. The molecule has 116 valence electrons. The van der Waals surface area contributed by atoms with E-state index in [0.717, 1.165) is 37.9 Å². The maximum Gasteiger partial charge on any atom is 0.218 e. The standard InChI is InChI=1S/C17H15N3OS2/c1-3-22-13-8-9-18-14(10(13)2)15-16(21)20-12-7-5-4-6-11(12)19-17(20)23-15/h4-9,21H,3H2,1-2H3. The predicted molar refractivity (Wildman–Crippen MR) is 96.6 cm³/mol. The van der Waals surface area contributed by atoms with Crippen molar-refractivity contribution in [1.82, 2.24) is 14.4 Å². The van der Waals surface area contributed by atoms with E-state index in [1.165, 1.54) is 16.2 Å². The molecule has 0 fully saturated rings. The lowest BCUT2D eigenvalue weighted by Gasteiger charge is -2.08. The van der Waals surface area contributed by atoms with Crippen LogP contribution in [0.4, 0.5) is 0 Å². The lowest BCUT2D eigenvalue weighted by Crippen LogP contribution is -1.90. The Hall–Kier alpha value is -2.05. The Morgan fingerprint density at radius 2 is 2.09 bits per heavy atom. The van der Waals surface area contributed by atoms with Gasteiger partial charge in [0.1, 0.15) is 4.88 Å². The van der Waals surface area contributed by atoms with Gasteiger partial charge in [-0.05, 0) is 36.4 Å². The summed E-state index contributed by atoms with van der Waals surface area (Å²) in [6, 6.07) is 9.85. The van der Waals surface area contributed by atoms with Gasteiger partial charge >= 0.3 is 0 Å². The molecule has 0 aliphatic carbocycles. The second-order valence-corrected chi connectivity index (χ2v) is 7.47. The van der Waals surface area contributed by atoms with Crippen LogP contribution in [0, 0.1) is 6.92 Å². The van der Waals surface area contributed by atoms with Crippen molar-refractivity contribution in [3.05, 3.63) is 42.1 Å². The van der Waals surface area contributed by atoms with Crippen molar-refractivity contribution >= 4 is 39.1 Å². The smallest absolute Gasteiger partial charge is 0.218 e. The molecule has 0 aliphatic rings. The van der Waals surface area contributed by atoms with Crippen LogP contribution in [0.2, 0.25) is 0 Å². The van der Waals surface area contributed by atoms with Crippen LogP contribution >= 0.6 is 23.1 Å². The number of aromatic nitrogens is 3. The molecule has 0 saturated carbocycles. The van der Waals surface area contributed by atoms with Gasteiger partial charge in [-0.3, -0.25) is 9.38 Å². The number of pyridine rings is 1. The molecule has 3 aromatic heterocycles. The Bertz CT molecular complexity index is 1020. The van der Waals surface area contributed by atoms with E-state index in [2.05, 4.69) is 23.8 Å². The molecular formula is C17H15N3OS2. The summed E-state index contributed by atoms with van der Waals surface area (Å²) in [5.41, 5.74) is 3.74. The van der Waals surface area contributed by atoms with Gasteiger partial charge in [0.25, 0.3) is 0 Å². The highest BCUT2D eigenvalue weighted by atomic mass is 32.2. The summed E-state index contributed by atoms with van der Waals surface area (Å²) >= 11 is 3.26. The first-order valence-corrected chi connectivity index (χ1v) is 9.18. The fourth-order valence-electron chi connectivity index (χ4n) is 2.73. The molecular weight excluding hydrogens is 326 g/mol. The highest BCUT2D eigenvalue weighted by Gasteiger charge is 2.20. The van der Waals surface area contributed by atoms with Crippen molar-refractivity contribution < 1.29 is 5.11 Å². The fourth-order valence-corrected chi connectivity index (χ4v) is 4.60. The number of thiazole rings is 1. The number of hydrogen-bond acceptors (Lipinski definition) is 5. The molecule has 0 unspecified atom stereocenters. The summed E-state index contributed by atoms with van der Waals surface area (Å²) in [5, 5.41) is 10.8. The number of imidazole rings is 1. The number of nitrogens with zero attached hydrogens (tertiary/aromatic N) is 3. The van der Waals surface area contributed by atoms with Crippen LogP contribution < -0.4 is 0 Å². The molecule has 0 spiro atoms. The van der Waals surface area contributed by atoms with Gasteiger partial charge in [-0.25, -0.2) is 4.98 Å². The molecule has 0 saturated heterocycles. The highest BCUT2D eigenvalue weighted by molar-refractivity contribution is 7.99.